The standard InChI is InChI=1S/C30H38O9S/c1-6-14-38-30-27(39-19-20-10-8-7-9-11-20)17-22(18-28(30)40(5,33)34)24(32)13-12-23(31)21-15-25(35-2)29(37-4)26(16-21)36-3/h7-11,15-18,23-24,31-32H,6,12-14,19H2,1-5H3. The molecular formula is C30H38O9S. The number of methoxy groups -OCH3 is 3. The van der Waals surface area contributed by atoms with Crippen molar-refractivity contribution in [1.29, 1.82) is 0 Å². The number of ether oxygens (including phenoxy) is 5. The van der Waals surface area contributed by atoms with Crippen molar-refractivity contribution < 1.29 is 42.3 Å². The highest BCUT2D eigenvalue weighted by Crippen LogP contribution is 2.42. The molecule has 2 atom stereocenters. The molecule has 10 heteroatoms. The summed E-state index contributed by atoms with van der Waals surface area (Å²) >= 11 is 0. The summed E-state index contributed by atoms with van der Waals surface area (Å²) < 4.78 is 53.4. The fourth-order valence-corrected chi connectivity index (χ4v) is 5.04. The lowest BCUT2D eigenvalue weighted by atomic mass is 9.98. The van der Waals surface area contributed by atoms with E-state index in [2.05, 4.69) is 0 Å². The Balaban J connectivity index is 1.89. The fraction of sp³-hybridized carbons (Fsp3) is 0.400. The van der Waals surface area contributed by atoms with Crippen molar-refractivity contribution in [2.75, 3.05) is 34.2 Å². The Hall–Kier alpha value is -3.47. The van der Waals surface area contributed by atoms with Gasteiger partial charge in [0.15, 0.2) is 32.8 Å². The Morgan fingerprint density at radius 1 is 0.750 bits per heavy atom. The molecule has 3 rings (SSSR count). The predicted octanol–water partition coefficient (Wildman–Crippen LogP) is 5.03. The number of rotatable bonds is 15. The van der Waals surface area contributed by atoms with Gasteiger partial charge in [-0.1, -0.05) is 37.3 Å². The summed E-state index contributed by atoms with van der Waals surface area (Å²) in [5.74, 6) is 1.55. The molecular weight excluding hydrogens is 536 g/mol. The van der Waals surface area contributed by atoms with E-state index in [0.717, 1.165) is 11.8 Å². The molecule has 40 heavy (non-hydrogen) atoms. The van der Waals surface area contributed by atoms with Gasteiger partial charge < -0.3 is 33.9 Å². The van der Waals surface area contributed by atoms with Crippen LogP contribution >= 0.6 is 0 Å². The van der Waals surface area contributed by atoms with Gasteiger partial charge >= 0.3 is 0 Å². The van der Waals surface area contributed by atoms with Crippen LogP contribution in [0, 0.1) is 0 Å². The van der Waals surface area contributed by atoms with Gasteiger partial charge in [0.1, 0.15) is 11.5 Å². The zero-order chi connectivity index (χ0) is 29.3. The quantitative estimate of drug-likeness (QED) is 0.257. The molecule has 0 spiro atoms. The second kappa shape index (κ2) is 14.2. The van der Waals surface area contributed by atoms with Gasteiger partial charge in [0.05, 0.1) is 40.1 Å². The molecule has 0 aliphatic rings. The summed E-state index contributed by atoms with van der Waals surface area (Å²) in [6, 6.07) is 15.8. The normalized spacial score (nSPS) is 12.9. The lowest BCUT2D eigenvalue weighted by molar-refractivity contribution is 0.114. The van der Waals surface area contributed by atoms with Gasteiger partial charge in [0.25, 0.3) is 0 Å². The molecule has 0 bridgehead atoms. The van der Waals surface area contributed by atoms with Crippen molar-refractivity contribution in [1.82, 2.24) is 0 Å². The zero-order valence-corrected chi connectivity index (χ0v) is 24.4. The van der Waals surface area contributed by atoms with Crippen LogP contribution in [0.4, 0.5) is 0 Å². The van der Waals surface area contributed by atoms with Crippen LogP contribution < -0.4 is 23.7 Å². The molecule has 2 N–H and O–H groups in total. The summed E-state index contributed by atoms with van der Waals surface area (Å²) in [6.45, 7) is 2.40. The predicted molar refractivity (Wildman–Crippen MR) is 151 cm³/mol. The third-order valence-electron chi connectivity index (χ3n) is 6.30. The topological polar surface area (TPSA) is 121 Å². The fourth-order valence-electron chi connectivity index (χ4n) is 4.20. The first-order valence-electron chi connectivity index (χ1n) is 13.0. The number of aliphatic hydroxyl groups is 2. The maximum Gasteiger partial charge on any atom is 0.203 e. The Morgan fingerprint density at radius 2 is 1.30 bits per heavy atom. The monoisotopic (exact) mass is 574 g/mol. The molecule has 0 saturated carbocycles. The Bertz CT molecular complexity index is 1330. The molecule has 0 aromatic heterocycles. The van der Waals surface area contributed by atoms with Crippen LogP contribution in [0.5, 0.6) is 28.7 Å². The van der Waals surface area contributed by atoms with Crippen LogP contribution in [0.2, 0.25) is 0 Å². The van der Waals surface area contributed by atoms with Gasteiger partial charge in [0.2, 0.25) is 5.75 Å². The van der Waals surface area contributed by atoms with E-state index in [1.807, 2.05) is 37.3 Å². The maximum absolute atomic E-state index is 12.8. The molecule has 0 aliphatic carbocycles. The number of aliphatic hydroxyl groups excluding tert-OH is 2. The number of sulfone groups is 1. The molecule has 9 nitrogen and oxygen atoms in total. The second-order valence-corrected chi connectivity index (χ2v) is 11.3. The van der Waals surface area contributed by atoms with Gasteiger partial charge in [-0.05, 0) is 60.2 Å². The maximum atomic E-state index is 12.8. The first kappa shape index (κ1) is 31.1. The van der Waals surface area contributed by atoms with Crippen LogP contribution in [0.1, 0.15) is 55.1 Å². The SMILES string of the molecule is CCCOc1c(OCc2ccccc2)cc(C(O)CCC(O)c2cc(OC)c(OC)c(OC)c2)cc1S(C)(=O)=O. The second-order valence-electron chi connectivity index (χ2n) is 9.31. The Labute approximate surface area is 236 Å². The number of benzene rings is 3. The molecule has 0 amide bonds. The first-order valence-corrected chi connectivity index (χ1v) is 14.9. The highest BCUT2D eigenvalue weighted by atomic mass is 32.2. The molecule has 0 radical (unpaired) electrons. The average Bonchev–Trinajstić information content (AvgIpc) is 2.96. The zero-order valence-electron chi connectivity index (χ0n) is 23.5. The van der Waals surface area contributed by atoms with Crippen molar-refractivity contribution in [3.8, 4) is 28.7 Å². The van der Waals surface area contributed by atoms with E-state index in [-0.39, 0.29) is 35.8 Å². The third kappa shape index (κ3) is 7.80. The van der Waals surface area contributed by atoms with Crippen LogP contribution in [-0.4, -0.2) is 52.8 Å². The molecule has 0 heterocycles. The third-order valence-corrected chi connectivity index (χ3v) is 7.40. The summed E-state index contributed by atoms with van der Waals surface area (Å²) in [5.41, 5.74) is 1.75. The first-order chi connectivity index (χ1) is 19.1. The van der Waals surface area contributed by atoms with E-state index < -0.39 is 22.0 Å². The van der Waals surface area contributed by atoms with Crippen molar-refractivity contribution in [3.63, 3.8) is 0 Å². The minimum atomic E-state index is -3.73. The van der Waals surface area contributed by atoms with Crippen molar-refractivity contribution in [2.24, 2.45) is 0 Å². The summed E-state index contributed by atoms with van der Waals surface area (Å²) in [5, 5.41) is 22.0. The van der Waals surface area contributed by atoms with E-state index in [4.69, 9.17) is 23.7 Å². The van der Waals surface area contributed by atoms with Gasteiger partial charge in [-0.25, -0.2) is 8.42 Å². The van der Waals surface area contributed by atoms with Gasteiger partial charge in [0, 0.05) is 6.26 Å². The Morgan fingerprint density at radius 3 is 1.80 bits per heavy atom. The van der Waals surface area contributed by atoms with Gasteiger partial charge in [-0.15, -0.1) is 0 Å². The highest BCUT2D eigenvalue weighted by molar-refractivity contribution is 7.90. The molecule has 3 aromatic rings. The molecule has 0 saturated heterocycles. The largest absolute Gasteiger partial charge is 0.493 e. The molecule has 218 valence electrons. The average molecular weight is 575 g/mol. The van der Waals surface area contributed by atoms with E-state index in [1.54, 1.807) is 18.2 Å². The van der Waals surface area contributed by atoms with Gasteiger partial charge in [-0.2, -0.15) is 0 Å². The van der Waals surface area contributed by atoms with E-state index in [1.165, 1.54) is 27.4 Å². The number of hydrogen-bond donors (Lipinski definition) is 2. The highest BCUT2D eigenvalue weighted by Gasteiger charge is 2.25. The molecule has 0 aliphatic heterocycles. The smallest absolute Gasteiger partial charge is 0.203 e. The Kier molecular flexibility index (Phi) is 11.1. The van der Waals surface area contributed by atoms with Crippen LogP contribution in [0.3, 0.4) is 0 Å². The van der Waals surface area contributed by atoms with E-state index >= 15 is 0 Å². The van der Waals surface area contributed by atoms with Gasteiger partial charge in [-0.3, -0.25) is 0 Å². The summed E-state index contributed by atoms with van der Waals surface area (Å²) in [6.07, 6.45) is 0.0170. The number of hydrogen-bond acceptors (Lipinski definition) is 9. The summed E-state index contributed by atoms with van der Waals surface area (Å²) in [4.78, 5) is -0.0641. The van der Waals surface area contributed by atoms with E-state index in [9.17, 15) is 18.6 Å². The van der Waals surface area contributed by atoms with Crippen molar-refractivity contribution in [2.45, 2.75) is 49.9 Å². The van der Waals surface area contributed by atoms with Crippen molar-refractivity contribution in [3.05, 3.63) is 71.3 Å². The van der Waals surface area contributed by atoms with Crippen LogP contribution in [0.25, 0.3) is 0 Å². The van der Waals surface area contributed by atoms with E-state index in [0.29, 0.717) is 41.4 Å². The van der Waals surface area contributed by atoms with Crippen LogP contribution in [-0.2, 0) is 16.4 Å². The molecule has 0 fully saturated rings. The molecule has 3 aromatic carbocycles. The minimum absolute atomic E-state index is 0.0641. The lowest BCUT2D eigenvalue weighted by Crippen LogP contribution is -2.10. The lowest BCUT2D eigenvalue weighted by Gasteiger charge is -2.21. The minimum Gasteiger partial charge on any atom is -0.493 e. The summed E-state index contributed by atoms with van der Waals surface area (Å²) in [7, 11) is 0.743. The molecule has 2 unspecified atom stereocenters. The van der Waals surface area contributed by atoms with Crippen molar-refractivity contribution >= 4 is 9.84 Å². The van der Waals surface area contributed by atoms with Crippen LogP contribution in [0.15, 0.2) is 59.5 Å².